The van der Waals surface area contributed by atoms with Gasteiger partial charge in [0.25, 0.3) is 0 Å². The van der Waals surface area contributed by atoms with Crippen LogP contribution in [0.4, 0.5) is 0 Å². The Morgan fingerprint density at radius 1 is 1.19 bits per heavy atom. The number of carbonyl (C=O) groups excluding carboxylic acids is 1. The van der Waals surface area contributed by atoms with Gasteiger partial charge in [-0.25, -0.2) is 0 Å². The van der Waals surface area contributed by atoms with Crippen LogP contribution in [0.15, 0.2) is 40.9 Å². The summed E-state index contributed by atoms with van der Waals surface area (Å²) >= 11 is 3.16. The summed E-state index contributed by atoms with van der Waals surface area (Å²) < 4.78 is 13.2. The maximum Gasteiger partial charge on any atom is 0.233 e. The van der Waals surface area contributed by atoms with Gasteiger partial charge in [0.05, 0.1) is 30.9 Å². The summed E-state index contributed by atoms with van der Waals surface area (Å²) in [5, 5.41) is 11.8. The number of aromatic nitrogens is 3. The van der Waals surface area contributed by atoms with Crippen molar-refractivity contribution in [1.82, 2.24) is 19.7 Å². The third-order valence-corrected chi connectivity index (χ3v) is 7.81. The van der Waals surface area contributed by atoms with Gasteiger partial charge in [-0.3, -0.25) is 9.36 Å². The van der Waals surface area contributed by atoms with Crippen LogP contribution in [0.5, 0.6) is 11.5 Å². The lowest BCUT2D eigenvalue weighted by Gasteiger charge is -2.26. The first-order chi connectivity index (χ1) is 15.7. The molecule has 0 spiro atoms. The zero-order chi connectivity index (χ0) is 22.1. The number of nitrogens with zero attached hydrogens (tertiary/aromatic N) is 4. The minimum atomic E-state index is -0.00358. The molecule has 5 rings (SSSR count). The van der Waals surface area contributed by atoms with Crippen LogP contribution in [0, 0.1) is 0 Å². The molecule has 1 aromatic carbocycles. The third-order valence-electron chi connectivity index (χ3n) is 6.01. The smallest absolute Gasteiger partial charge is 0.233 e. The van der Waals surface area contributed by atoms with Gasteiger partial charge < -0.3 is 14.4 Å². The lowest BCUT2D eigenvalue weighted by Crippen LogP contribution is -2.32. The average molecular weight is 471 g/mol. The normalized spacial score (nSPS) is 18.2. The summed E-state index contributed by atoms with van der Waals surface area (Å²) in [6.45, 7) is 0.750. The van der Waals surface area contributed by atoms with Gasteiger partial charge in [0.2, 0.25) is 5.91 Å². The van der Waals surface area contributed by atoms with E-state index in [1.54, 1.807) is 25.6 Å². The molecule has 32 heavy (non-hydrogen) atoms. The van der Waals surface area contributed by atoms with E-state index in [1.807, 2.05) is 29.2 Å². The number of ether oxygens (including phenoxy) is 2. The molecule has 0 radical (unpaired) electrons. The molecule has 2 fully saturated rings. The van der Waals surface area contributed by atoms with E-state index in [0.717, 1.165) is 65.1 Å². The Labute approximate surface area is 195 Å². The molecule has 3 aromatic rings. The Morgan fingerprint density at radius 2 is 2.06 bits per heavy atom. The molecule has 1 saturated heterocycles. The summed E-state index contributed by atoms with van der Waals surface area (Å²) in [5.74, 6) is 2.94. The Morgan fingerprint density at radius 3 is 2.78 bits per heavy atom. The molecule has 9 heteroatoms. The number of carbonyl (C=O) groups is 1. The largest absolute Gasteiger partial charge is 0.497 e. The second-order valence-corrected chi connectivity index (χ2v) is 9.92. The first-order valence-corrected chi connectivity index (χ1v) is 12.7. The second kappa shape index (κ2) is 9.15. The Balaban J connectivity index is 1.33. The number of likely N-dealkylation sites (tertiary alicyclic amines) is 1. The first kappa shape index (κ1) is 21.3. The van der Waals surface area contributed by atoms with Crippen LogP contribution in [0.25, 0.3) is 10.7 Å². The number of rotatable bonds is 8. The number of amides is 1. The number of thiophene rings is 1. The van der Waals surface area contributed by atoms with Gasteiger partial charge in [-0.1, -0.05) is 17.8 Å². The number of methoxy groups -OCH3 is 2. The number of benzene rings is 1. The SMILES string of the molecule is COc1ccc(OC)c(C2CCCN2C(=O)CSc2nnc(-c3cccs3)n2C2CC2)c1. The molecule has 2 aromatic heterocycles. The van der Waals surface area contributed by atoms with E-state index in [2.05, 4.69) is 26.2 Å². The molecule has 2 aliphatic rings. The highest BCUT2D eigenvalue weighted by Crippen LogP contribution is 2.43. The molecule has 1 atom stereocenters. The minimum Gasteiger partial charge on any atom is -0.497 e. The Hall–Kier alpha value is -2.52. The fourth-order valence-corrected chi connectivity index (χ4v) is 5.91. The summed E-state index contributed by atoms with van der Waals surface area (Å²) in [6.07, 6.45) is 4.17. The molecular weight excluding hydrogens is 444 g/mol. The van der Waals surface area contributed by atoms with Crippen LogP contribution in [-0.2, 0) is 4.79 Å². The monoisotopic (exact) mass is 470 g/mol. The lowest BCUT2D eigenvalue weighted by atomic mass is 10.0. The van der Waals surface area contributed by atoms with Crippen molar-refractivity contribution in [2.24, 2.45) is 0 Å². The summed E-state index contributed by atoms with van der Waals surface area (Å²) in [5.41, 5.74) is 1.00. The minimum absolute atomic E-state index is 0.00358. The Bertz CT molecular complexity index is 1090. The van der Waals surface area contributed by atoms with Crippen LogP contribution in [-0.4, -0.2) is 52.1 Å². The van der Waals surface area contributed by atoms with E-state index < -0.39 is 0 Å². The number of hydrogen-bond acceptors (Lipinski definition) is 7. The molecule has 168 valence electrons. The molecule has 0 N–H and O–H groups in total. The fourth-order valence-electron chi connectivity index (χ4n) is 4.31. The lowest BCUT2D eigenvalue weighted by molar-refractivity contribution is -0.129. The van der Waals surface area contributed by atoms with Gasteiger partial charge in [0, 0.05) is 18.2 Å². The van der Waals surface area contributed by atoms with Crippen molar-refractivity contribution in [3.05, 3.63) is 41.3 Å². The highest BCUT2D eigenvalue weighted by atomic mass is 32.2. The van der Waals surface area contributed by atoms with Crippen molar-refractivity contribution >= 4 is 29.0 Å². The fraction of sp³-hybridized carbons (Fsp3) is 0.435. The summed E-state index contributed by atoms with van der Waals surface area (Å²) in [7, 11) is 3.32. The van der Waals surface area contributed by atoms with Gasteiger partial charge in [-0.05, 0) is 55.3 Å². The van der Waals surface area contributed by atoms with Gasteiger partial charge in [-0.15, -0.1) is 21.5 Å². The number of thioether (sulfide) groups is 1. The summed E-state index contributed by atoms with van der Waals surface area (Å²) in [6, 6.07) is 10.3. The third kappa shape index (κ3) is 4.11. The number of hydrogen-bond donors (Lipinski definition) is 0. The quantitative estimate of drug-likeness (QED) is 0.440. The maximum atomic E-state index is 13.3. The molecule has 7 nitrogen and oxygen atoms in total. The van der Waals surface area contributed by atoms with Crippen LogP contribution in [0.2, 0.25) is 0 Å². The molecule has 0 bridgehead atoms. The van der Waals surface area contributed by atoms with E-state index in [-0.39, 0.29) is 11.9 Å². The zero-order valence-corrected chi connectivity index (χ0v) is 19.8. The standard InChI is InChI=1S/C23H26N4O3S2/c1-29-16-9-10-19(30-2)17(13-16)18-5-3-11-26(18)21(28)14-32-23-25-24-22(20-6-4-12-31-20)27(23)15-7-8-15/h4,6,9-10,12-13,15,18H,3,5,7-8,11,14H2,1-2H3. The van der Waals surface area contributed by atoms with Gasteiger partial charge in [0.15, 0.2) is 11.0 Å². The summed E-state index contributed by atoms with van der Waals surface area (Å²) in [4.78, 5) is 16.4. The van der Waals surface area contributed by atoms with Crippen molar-refractivity contribution in [3.63, 3.8) is 0 Å². The van der Waals surface area contributed by atoms with Crippen LogP contribution in [0.3, 0.4) is 0 Å². The molecule has 1 aliphatic carbocycles. The van der Waals surface area contributed by atoms with Gasteiger partial charge in [-0.2, -0.15) is 0 Å². The molecular formula is C23H26N4O3S2. The highest BCUT2D eigenvalue weighted by Gasteiger charge is 2.34. The second-order valence-electron chi connectivity index (χ2n) is 8.03. The molecule has 1 amide bonds. The molecule has 1 unspecified atom stereocenters. The van der Waals surface area contributed by atoms with E-state index in [4.69, 9.17) is 9.47 Å². The van der Waals surface area contributed by atoms with Crippen molar-refractivity contribution in [3.8, 4) is 22.2 Å². The topological polar surface area (TPSA) is 69.5 Å². The van der Waals surface area contributed by atoms with Crippen molar-refractivity contribution in [2.45, 2.75) is 42.9 Å². The zero-order valence-electron chi connectivity index (χ0n) is 18.2. The van der Waals surface area contributed by atoms with Gasteiger partial charge in [0.1, 0.15) is 11.5 Å². The van der Waals surface area contributed by atoms with Crippen LogP contribution < -0.4 is 9.47 Å². The predicted octanol–water partition coefficient (Wildman–Crippen LogP) is 4.81. The van der Waals surface area contributed by atoms with E-state index in [1.165, 1.54) is 11.8 Å². The predicted molar refractivity (Wildman–Crippen MR) is 126 cm³/mol. The van der Waals surface area contributed by atoms with Crippen molar-refractivity contribution < 1.29 is 14.3 Å². The maximum absolute atomic E-state index is 13.3. The average Bonchev–Trinajstić information content (AvgIpc) is 3.24. The molecule has 3 heterocycles. The molecule has 1 saturated carbocycles. The Kier molecular flexibility index (Phi) is 6.10. The highest BCUT2D eigenvalue weighted by molar-refractivity contribution is 7.99. The van der Waals surface area contributed by atoms with Gasteiger partial charge >= 0.3 is 0 Å². The van der Waals surface area contributed by atoms with E-state index in [0.29, 0.717) is 11.8 Å². The first-order valence-electron chi connectivity index (χ1n) is 10.8. The van der Waals surface area contributed by atoms with Crippen molar-refractivity contribution in [2.75, 3.05) is 26.5 Å². The van der Waals surface area contributed by atoms with E-state index in [9.17, 15) is 4.79 Å². The van der Waals surface area contributed by atoms with E-state index >= 15 is 0 Å². The van der Waals surface area contributed by atoms with Crippen molar-refractivity contribution in [1.29, 1.82) is 0 Å². The van der Waals surface area contributed by atoms with Crippen LogP contribution >= 0.6 is 23.1 Å². The van der Waals surface area contributed by atoms with Crippen LogP contribution in [0.1, 0.15) is 43.3 Å². The molecule has 1 aliphatic heterocycles.